The van der Waals surface area contributed by atoms with E-state index in [0.29, 0.717) is 5.69 Å². The number of sulfonamides is 1. The molecule has 0 aliphatic carbocycles. The van der Waals surface area contributed by atoms with Crippen molar-refractivity contribution < 1.29 is 17.9 Å². The van der Waals surface area contributed by atoms with E-state index < -0.39 is 21.7 Å². The van der Waals surface area contributed by atoms with Gasteiger partial charge in [0.1, 0.15) is 10.5 Å². The standard InChI is InChI=1S/C15H24N4O4S/c1-15(2,3)23-14(20)18-6-8-19(9-7-18)24(21,22)13-5-4-11(16)10-12(13)17/h4-5,10H,6-9,16-17H2,1-3H3. The van der Waals surface area contributed by atoms with Crippen LogP contribution in [0.15, 0.2) is 23.1 Å². The third kappa shape index (κ3) is 4.09. The molecule has 0 spiro atoms. The molecule has 2 rings (SSSR count). The maximum absolute atomic E-state index is 12.7. The third-order valence-corrected chi connectivity index (χ3v) is 5.51. The maximum atomic E-state index is 12.7. The average Bonchev–Trinajstić information content (AvgIpc) is 2.45. The molecular formula is C15H24N4O4S. The topological polar surface area (TPSA) is 119 Å². The Balaban J connectivity index is 2.07. The fourth-order valence-electron chi connectivity index (χ4n) is 2.38. The zero-order valence-electron chi connectivity index (χ0n) is 14.2. The summed E-state index contributed by atoms with van der Waals surface area (Å²) >= 11 is 0. The molecule has 1 fully saturated rings. The van der Waals surface area contributed by atoms with E-state index in [2.05, 4.69) is 0 Å². The summed E-state index contributed by atoms with van der Waals surface area (Å²) in [6.07, 6.45) is -0.438. The van der Waals surface area contributed by atoms with Crippen LogP contribution in [0.3, 0.4) is 0 Å². The number of rotatable bonds is 2. The normalized spacial score (nSPS) is 16.9. The fraction of sp³-hybridized carbons (Fsp3) is 0.533. The molecule has 0 atom stereocenters. The van der Waals surface area contributed by atoms with Gasteiger partial charge in [0, 0.05) is 31.9 Å². The lowest BCUT2D eigenvalue weighted by molar-refractivity contribution is 0.0192. The lowest BCUT2D eigenvalue weighted by Crippen LogP contribution is -2.51. The minimum Gasteiger partial charge on any atom is -0.444 e. The SMILES string of the molecule is CC(C)(C)OC(=O)N1CCN(S(=O)(=O)c2ccc(N)cc2N)CC1. The maximum Gasteiger partial charge on any atom is 0.410 e. The molecule has 0 bridgehead atoms. The van der Waals surface area contributed by atoms with Crippen molar-refractivity contribution in [3.8, 4) is 0 Å². The molecule has 134 valence electrons. The summed E-state index contributed by atoms with van der Waals surface area (Å²) < 4.78 is 32.0. The summed E-state index contributed by atoms with van der Waals surface area (Å²) in [6, 6.07) is 4.32. The van der Waals surface area contributed by atoms with Gasteiger partial charge in [-0.25, -0.2) is 13.2 Å². The van der Waals surface area contributed by atoms with Crippen LogP contribution in [0, 0.1) is 0 Å². The van der Waals surface area contributed by atoms with Crippen LogP contribution in [-0.4, -0.2) is 55.5 Å². The van der Waals surface area contributed by atoms with Gasteiger partial charge in [-0.1, -0.05) is 0 Å². The highest BCUT2D eigenvalue weighted by Gasteiger charge is 2.32. The number of carbonyl (C=O) groups excluding carboxylic acids is 1. The first-order valence-corrected chi connectivity index (χ1v) is 9.08. The van der Waals surface area contributed by atoms with E-state index >= 15 is 0 Å². The first-order chi connectivity index (χ1) is 11.0. The van der Waals surface area contributed by atoms with Crippen LogP contribution >= 0.6 is 0 Å². The molecule has 1 aromatic rings. The second-order valence-electron chi connectivity index (χ2n) is 6.67. The van der Waals surface area contributed by atoms with Gasteiger partial charge in [-0.05, 0) is 39.0 Å². The van der Waals surface area contributed by atoms with Crippen molar-refractivity contribution in [2.75, 3.05) is 37.6 Å². The Hall–Kier alpha value is -2.00. The number of carbonyl (C=O) groups is 1. The van der Waals surface area contributed by atoms with E-state index in [1.54, 1.807) is 20.8 Å². The van der Waals surface area contributed by atoms with Crippen LogP contribution in [0.2, 0.25) is 0 Å². The van der Waals surface area contributed by atoms with Gasteiger partial charge in [-0.2, -0.15) is 4.31 Å². The van der Waals surface area contributed by atoms with Crippen molar-refractivity contribution in [2.24, 2.45) is 0 Å². The van der Waals surface area contributed by atoms with Crippen molar-refractivity contribution in [1.82, 2.24) is 9.21 Å². The molecule has 1 aliphatic heterocycles. The van der Waals surface area contributed by atoms with Crippen LogP contribution in [-0.2, 0) is 14.8 Å². The number of nitrogens with zero attached hydrogens (tertiary/aromatic N) is 2. The smallest absolute Gasteiger partial charge is 0.410 e. The summed E-state index contributed by atoms with van der Waals surface area (Å²) in [5.74, 6) is 0. The Labute approximate surface area is 142 Å². The molecule has 1 aliphatic rings. The minimum atomic E-state index is -3.72. The summed E-state index contributed by atoms with van der Waals surface area (Å²) in [6.45, 7) is 6.27. The van der Waals surface area contributed by atoms with Gasteiger partial charge >= 0.3 is 6.09 Å². The number of ether oxygens (including phenoxy) is 1. The average molecular weight is 356 g/mol. The molecular weight excluding hydrogens is 332 g/mol. The minimum absolute atomic E-state index is 0.0300. The van der Waals surface area contributed by atoms with Gasteiger partial charge in [0.05, 0.1) is 5.69 Å². The van der Waals surface area contributed by atoms with Crippen molar-refractivity contribution in [3.63, 3.8) is 0 Å². The van der Waals surface area contributed by atoms with Gasteiger partial charge in [0.15, 0.2) is 0 Å². The largest absolute Gasteiger partial charge is 0.444 e. The number of hydrogen-bond donors (Lipinski definition) is 2. The first kappa shape index (κ1) is 18.3. The number of benzene rings is 1. The molecule has 1 amide bonds. The van der Waals surface area contributed by atoms with Gasteiger partial charge in [0.25, 0.3) is 0 Å². The summed E-state index contributed by atoms with van der Waals surface area (Å²) in [5, 5.41) is 0. The highest BCUT2D eigenvalue weighted by Crippen LogP contribution is 2.25. The second kappa shape index (κ2) is 6.48. The molecule has 0 radical (unpaired) electrons. The quantitative estimate of drug-likeness (QED) is 0.766. The Morgan fingerprint density at radius 2 is 1.71 bits per heavy atom. The molecule has 9 heteroatoms. The lowest BCUT2D eigenvalue weighted by atomic mass is 10.2. The third-order valence-electron chi connectivity index (χ3n) is 3.54. The van der Waals surface area contributed by atoms with Crippen molar-refractivity contribution >= 4 is 27.5 Å². The predicted molar refractivity (Wildman–Crippen MR) is 91.8 cm³/mol. The molecule has 1 saturated heterocycles. The zero-order chi connectivity index (χ0) is 18.1. The lowest BCUT2D eigenvalue weighted by Gasteiger charge is -2.35. The van der Waals surface area contributed by atoms with Crippen LogP contribution < -0.4 is 11.5 Å². The van der Waals surface area contributed by atoms with Gasteiger partial charge in [-0.3, -0.25) is 0 Å². The molecule has 4 N–H and O–H groups in total. The Kier molecular flexibility index (Phi) is 4.95. The number of piperazine rings is 1. The molecule has 8 nitrogen and oxygen atoms in total. The van der Waals surface area contributed by atoms with E-state index in [4.69, 9.17) is 16.2 Å². The molecule has 24 heavy (non-hydrogen) atoms. The van der Waals surface area contributed by atoms with Gasteiger partial charge in [0.2, 0.25) is 10.0 Å². The second-order valence-corrected chi connectivity index (χ2v) is 8.58. The van der Waals surface area contributed by atoms with E-state index in [1.165, 1.54) is 27.4 Å². The summed E-state index contributed by atoms with van der Waals surface area (Å²) in [7, 11) is -3.72. The summed E-state index contributed by atoms with van der Waals surface area (Å²) in [4.78, 5) is 13.6. The van der Waals surface area contributed by atoms with Crippen molar-refractivity contribution in [3.05, 3.63) is 18.2 Å². The molecule has 1 heterocycles. The van der Waals surface area contributed by atoms with Crippen LogP contribution in [0.4, 0.5) is 16.2 Å². The van der Waals surface area contributed by atoms with Crippen LogP contribution in [0.1, 0.15) is 20.8 Å². The van der Waals surface area contributed by atoms with E-state index in [-0.39, 0.29) is 36.8 Å². The van der Waals surface area contributed by atoms with E-state index in [1.807, 2.05) is 0 Å². The Morgan fingerprint density at radius 1 is 1.12 bits per heavy atom. The highest BCUT2D eigenvalue weighted by atomic mass is 32.2. The summed E-state index contributed by atoms with van der Waals surface area (Å²) in [5.41, 5.74) is 11.3. The number of nitrogen functional groups attached to an aromatic ring is 2. The number of amides is 1. The molecule has 0 saturated carbocycles. The Morgan fingerprint density at radius 3 is 2.21 bits per heavy atom. The van der Waals surface area contributed by atoms with Crippen molar-refractivity contribution in [2.45, 2.75) is 31.3 Å². The van der Waals surface area contributed by atoms with Crippen molar-refractivity contribution in [1.29, 1.82) is 0 Å². The van der Waals surface area contributed by atoms with Gasteiger partial charge in [-0.15, -0.1) is 0 Å². The molecule has 0 unspecified atom stereocenters. The van der Waals surface area contributed by atoms with Crippen LogP contribution in [0.5, 0.6) is 0 Å². The highest BCUT2D eigenvalue weighted by molar-refractivity contribution is 7.89. The van der Waals surface area contributed by atoms with E-state index in [0.717, 1.165) is 0 Å². The number of nitrogens with two attached hydrogens (primary N) is 2. The fourth-order valence-corrected chi connectivity index (χ4v) is 3.90. The zero-order valence-corrected chi connectivity index (χ0v) is 15.0. The predicted octanol–water partition coefficient (Wildman–Crippen LogP) is 1.09. The molecule has 1 aromatic carbocycles. The first-order valence-electron chi connectivity index (χ1n) is 7.64. The van der Waals surface area contributed by atoms with E-state index in [9.17, 15) is 13.2 Å². The van der Waals surface area contributed by atoms with Crippen LogP contribution in [0.25, 0.3) is 0 Å². The Bertz CT molecular complexity index is 719. The number of hydrogen-bond acceptors (Lipinski definition) is 6. The number of anilines is 2. The van der Waals surface area contributed by atoms with Gasteiger partial charge < -0.3 is 21.1 Å². The monoisotopic (exact) mass is 356 g/mol. The molecule has 0 aromatic heterocycles.